The molecule has 1 saturated heterocycles. The van der Waals surface area contributed by atoms with Crippen molar-refractivity contribution in [2.45, 2.75) is 20.0 Å². The second-order valence-corrected chi connectivity index (χ2v) is 6.50. The van der Waals surface area contributed by atoms with Crippen molar-refractivity contribution in [3.05, 3.63) is 23.2 Å². The van der Waals surface area contributed by atoms with E-state index >= 15 is 0 Å². The molecule has 0 atom stereocenters. The summed E-state index contributed by atoms with van der Waals surface area (Å²) >= 11 is 6.23. The van der Waals surface area contributed by atoms with E-state index in [1.807, 2.05) is 12.1 Å². The molecule has 1 aromatic rings. The first-order chi connectivity index (χ1) is 13.2. The molecule has 1 aliphatic rings. The number of likely N-dealkylation sites (N-methyl/N-ethyl adjacent to an activating group) is 1. The van der Waals surface area contributed by atoms with Crippen LogP contribution in [-0.4, -0.2) is 74.6 Å². The summed E-state index contributed by atoms with van der Waals surface area (Å²) in [6.07, 6.45) is -5.08. The van der Waals surface area contributed by atoms with Gasteiger partial charge in [-0.15, -0.1) is 0 Å². The first-order valence-electron chi connectivity index (χ1n) is 9.08. The SMILES string of the molecule is CCN(CC)CCOc1cc(Cl)cc(N2CCNCC2)c1.O=C(O)C(F)(F)F. The van der Waals surface area contributed by atoms with Crippen LogP contribution in [0.5, 0.6) is 5.75 Å². The Hall–Kier alpha value is -1.71. The lowest BCUT2D eigenvalue weighted by Crippen LogP contribution is -2.43. The standard InChI is InChI=1S/C16H26ClN3O.C2HF3O2/c1-3-19(4-2)9-10-21-16-12-14(17)11-15(13-16)20-7-5-18-6-8-20;3-2(4,5)1(6)7/h11-13,18H,3-10H2,1-2H3;(H,6,7). The van der Waals surface area contributed by atoms with Gasteiger partial charge in [0.05, 0.1) is 0 Å². The van der Waals surface area contributed by atoms with Gasteiger partial charge < -0.3 is 25.0 Å². The lowest BCUT2D eigenvalue weighted by Gasteiger charge is -2.30. The van der Waals surface area contributed by atoms with Crippen LogP contribution in [0.3, 0.4) is 0 Å². The van der Waals surface area contributed by atoms with Gasteiger partial charge in [0.1, 0.15) is 12.4 Å². The van der Waals surface area contributed by atoms with Crippen molar-refractivity contribution in [2.75, 3.05) is 57.3 Å². The molecule has 0 aromatic heterocycles. The Labute approximate surface area is 168 Å². The largest absolute Gasteiger partial charge is 0.492 e. The van der Waals surface area contributed by atoms with Crippen LogP contribution in [0.1, 0.15) is 13.8 Å². The number of piperazine rings is 1. The van der Waals surface area contributed by atoms with Crippen LogP contribution in [0.2, 0.25) is 5.02 Å². The highest BCUT2D eigenvalue weighted by atomic mass is 35.5. The van der Waals surface area contributed by atoms with E-state index in [0.29, 0.717) is 6.61 Å². The third-order valence-electron chi connectivity index (χ3n) is 4.15. The molecule has 160 valence electrons. The number of carbonyl (C=O) groups is 1. The zero-order valence-electron chi connectivity index (χ0n) is 16.1. The van der Waals surface area contributed by atoms with E-state index in [1.165, 1.54) is 0 Å². The monoisotopic (exact) mass is 425 g/mol. The molecule has 2 N–H and O–H groups in total. The van der Waals surface area contributed by atoms with Crippen LogP contribution in [-0.2, 0) is 4.79 Å². The van der Waals surface area contributed by atoms with Gasteiger partial charge in [0.25, 0.3) is 0 Å². The maximum atomic E-state index is 10.6. The van der Waals surface area contributed by atoms with Gasteiger partial charge >= 0.3 is 12.1 Å². The van der Waals surface area contributed by atoms with Crippen LogP contribution in [0.25, 0.3) is 0 Å². The fourth-order valence-corrected chi connectivity index (χ4v) is 2.79. The van der Waals surface area contributed by atoms with Crippen LogP contribution in [0.4, 0.5) is 18.9 Å². The van der Waals surface area contributed by atoms with E-state index in [2.05, 4.69) is 35.0 Å². The Bertz CT molecular complexity index is 607. The molecule has 0 amide bonds. The molecule has 10 heteroatoms. The van der Waals surface area contributed by atoms with Gasteiger partial charge in [0, 0.05) is 49.5 Å². The number of ether oxygens (including phenoxy) is 1. The molecule has 28 heavy (non-hydrogen) atoms. The molecule has 1 heterocycles. The van der Waals surface area contributed by atoms with Gasteiger partial charge in [-0.05, 0) is 25.2 Å². The Balaban J connectivity index is 0.000000480. The first-order valence-corrected chi connectivity index (χ1v) is 9.46. The van der Waals surface area contributed by atoms with Gasteiger partial charge in [0.2, 0.25) is 0 Å². The quantitative estimate of drug-likeness (QED) is 0.700. The molecule has 0 bridgehead atoms. The van der Waals surface area contributed by atoms with Crippen molar-refractivity contribution in [3.8, 4) is 5.75 Å². The van der Waals surface area contributed by atoms with Gasteiger partial charge in [-0.2, -0.15) is 13.2 Å². The van der Waals surface area contributed by atoms with Crippen molar-refractivity contribution in [1.82, 2.24) is 10.2 Å². The minimum atomic E-state index is -5.08. The third kappa shape index (κ3) is 8.99. The molecule has 1 aliphatic heterocycles. The maximum absolute atomic E-state index is 10.6. The average molecular weight is 426 g/mol. The summed E-state index contributed by atoms with van der Waals surface area (Å²) in [7, 11) is 0. The lowest BCUT2D eigenvalue weighted by molar-refractivity contribution is -0.192. The van der Waals surface area contributed by atoms with Gasteiger partial charge in [0.15, 0.2) is 0 Å². The van der Waals surface area contributed by atoms with Crippen molar-refractivity contribution in [1.29, 1.82) is 0 Å². The van der Waals surface area contributed by atoms with Crippen LogP contribution in [0, 0.1) is 0 Å². The molecular formula is C18H27ClF3N3O3. The fourth-order valence-electron chi connectivity index (χ4n) is 2.57. The second kappa shape index (κ2) is 12.0. The summed E-state index contributed by atoms with van der Waals surface area (Å²) in [5.74, 6) is -1.89. The molecule has 0 radical (unpaired) electrons. The normalized spacial score (nSPS) is 14.5. The molecule has 2 rings (SSSR count). The maximum Gasteiger partial charge on any atom is 0.490 e. The molecule has 0 spiro atoms. The highest BCUT2D eigenvalue weighted by molar-refractivity contribution is 6.31. The summed E-state index contributed by atoms with van der Waals surface area (Å²) in [4.78, 5) is 13.6. The molecule has 0 saturated carbocycles. The van der Waals surface area contributed by atoms with Gasteiger partial charge in [-0.3, -0.25) is 0 Å². The van der Waals surface area contributed by atoms with Crippen molar-refractivity contribution in [2.24, 2.45) is 0 Å². The summed E-state index contributed by atoms with van der Waals surface area (Å²) < 4.78 is 37.6. The predicted molar refractivity (Wildman–Crippen MR) is 104 cm³/mol. The van der Waals surface area contributed by atoms with Gasteiger partial charge in [-0.1, -0.05) is 25.4 Å². The number of nitrogens with one attached hydrogen (secondary N) is 1. The Kier molecular flexibility index (Phi) is 10.4. The number of alkyl halides is 3. The summed E-state index contributed by atoms with van der Waals surface area (Å²) in [5.41, 5.74) is 1.15. The van der Waals surface area contributed by atoms with Crippen LogP contribution < -0.4 is 15.0 Å². The number of carboxylic acids is 1. The molecule has 1 aromatic carbocycles. The number of hydrogen-bond donors (Lipinski definition) is 2. The van der Waals surface area contributed by atoms with E-state index in [1.54, 1.807) is 0 Å². The summed E-state index contributed by atoms with van der Waals surface area (Å²) in [6, 6.07) is 6.01. The number of anilines is 1. The average Bonchev–Trinajstić information content (AvgIpc) is 2.65. The second-order valence-electron chi connectivity index (χ2n) is 6.06. The lowest BCUT2D eigenvalue weighted by atomic mass is 10.2. The Morgan fingerprint density at radius 2 is 1.82 bits per heavy atom. The zero-order valence-corrected chi connectivity index (χ0v) is 16.8. The molecule has 6 nitrogen and oxygen atoms in total. The number of benzene rings is 1. The zero-order chi connectivity index (χ0) is 21.2. The summed E-state index contributed by atoms with van der Waals surface area (Å²) in [5, 5.41) is 11.2. The number of aliphatic carboxylic acids is 1. The fraction of sp³-hybridized carbons (Fsp3) is 0.611. The highest BCUT2D eigenvalue weighted by Gasteiger charge is 2.38. The van der Waals surface area contributed by atoms with E-state index in [4.69, 9.17) is 26.2 Å². The van der Waals surface area contributed by atoms with Crippen LogP contribution >= 0.6 is 11.6 Å². The van der Waals surface area contributed by atoms with Crippen molar-refractivity contribution < 1.29 is 27.8 Å². The Morgan fingerprint density at radius 3 is 2.32 bits per heavy atom. The number of nitrogens with zero attached hydrogens (tertiary/aromatic N) is 2. The number of halogens is 4. The third-order valence-corrected chi connectivity index (χ3v) is 4.37. The topological polar surface area (TPSA) is 65.0 Å². The summed E-state index contributed by atoms with van der Waals surface area (Å²) in [6.45, 7) is 12.2. The van der Waals surface area contributed by atoms with Crippen LogP contribution in [0.15, 0.2) is 18.2 Å². The molecular weight excluding hydrogens is 399 g/mol. The van der Waals surface area contributed by atoms with Gasteiger partial charge in [-0.25, -0.2) is 4.79 Å². The van der Waals surface area contributed by atoms with E-state index in [9.17, 15) is 13.2 Å². The smallest absolute Gasteiger partial charge is 0.490 e. The van der Waals surface area contributed by atoms with E-state index in [-0.39, 0.29) is 0 Å². The van der Waals surface area contributed by atoms with Crippen molar-refractivity contribution in [3.63, 3.8) is 0 Å². The Morgan fingerprint density at radius 1 is 1.25 bits per heavy atom. The number of rotatable bonds is 7. The molecule has 0 unspecified atom stereocenters. The van der Waals surface area contributed by atoms with E-state index < -0.39 is 12.1 Å². The highest BCUT2D eigenvalue weighted by Crippen LogP contribution is 2.27. The minimum Gasteiger partial charge on any atom is -0.492 e. The number of carboxylic acid groups (broad SMARTS) is 1. The van der Waals surface area contributed by atoms with E-state index in [0.717, 1.165) is 62.3 Å². The molecule has 1 fully saturated rings. The molecule has 0 aliphatic carbocycles. The van der Waals surface area contributed by atoms with Crippen molar-refractivity contribution >= 4 is 23.3 Å². The predicted octanol–water partition coefficient (Wildman–Crippen LogP) is 3.10. The number of hydrogen-bond acceptors (Lipinski definition) is 5. The first kappa shape index (κ1) is 24.3. The minimum absolute atomic E-state index is 0.697.